The summed E-state index contributed by atoms with van der Waals surface area (Å²) in [5.74, 6) is 1.70. The second-order valence-electron chi connectivity index (χ2n) is 6.07. The predicted octanol–water partition coefficient (Wildman–Crippen LogP) is 3.02. The molecule has 0 heterocycles. The fraction of sp³-hybridized carbons (Fsp3) is 1.00. The van der Waals surface area contributed by atoms with E-state index < -0.39 is 0 Å². The monoisotopic (exact) mass is 238 g/mol. The molecule has 2 saturated carbocycles. The Kier molecular flexibility index (Phi) is 5.30. The highest BCUT2D eigenvalue weighted by atomic mass is 15.2. The Hall–Kier alpha value is -0.0800. The topological polar surface area (TPSA) is 29.3 Å². The number of hydrogen-bond donors (Lipinski definition) is 1. The average molecular weight is 238 g/mol. The lowest BCUT2D eigenvalue weighted by Crippen LogP contribution is -2.41. The standard InChI is InChI=1S/C15H30N2/c1-2-17(15-9-4-3-5-10-15)12-14-8-6-7-13(14)11-16/h13-15H,2-12,16H2,1H3. The Morgan fingerprint density at radius 3 is 2.29 bits per heavy atom. The lowest BCUT2D eigenvalue weighted by molar-refractivity contribution is 0.129. The number of nitrogens with two attached hydrogens (primary N) is 1. The maximum atomic E-state index is 5.90. The van der Waals surface area contributed by atoms with Crippen LogP contribution in [0.25, 0.3) is 0 Å². The van der Waals surface area contributed by atoms with E-state index in [1.165, 1.54) is 64.5 Å². The molecular formula is C15H30N2. The largest absolute Gasteiger partial charge is 0.330 e. The molecule has 0 aromatic heterocycles. The maximum Gasteiger partial charge on any atom is 0.00952 e. The van der Waals surface area contributed by atoms with Gasteiger partial charge in [0, 0.05) is 12.6 Å². The summed E-state index contributed by atoms with van der Waals surface area (Å²) in [6, 6.07) is 0.882. The zero-order valence-electron chi connectivity index (χ0n) is 11.5. The van der Waals surface area contributed by atoms with Gasteiger partial charge in [-0.25, -0.2) is 0 Å². The summed E-state index contributed by atoms with van der Waals surface area (Å²) < 4.78 is 0. The van der Waals surface area contributed by atoms with Crippen molar-refractivity contribution in [1.82, 2.24) is 4.90 Å². The first-order valence-corrected chi connectivity index (χ1v) is 7.79. The van der Waals surface area contributed by atoms with Crippen molar-refractivity contribution in [2.75, 3.05) is 19.6 Å². The van der Waals surface area contributed by atoms with Crippen LogP contribution in [-0.4, -0.2) is 30.6 Å². The highest BCUT2D eigenvalue weighted by molar-refractivity contribution is 4.83. The Bertz CT molecular complexity index is 211. The smallest absolute Gasteiger partial charge is 0.00952 e. The molecule has 0 saturated heterocycles. The number of rotatable bonds is 5. The first-order valence-electron chi connectivity index (χ1n) is 7.79. The van der Waals surface area contributed by atoms with E-state index in [4.69, 9.17) is 5.73 Å². The summed E-state index contributed by atoms with van der Waals surface area (Å²) in [6.07, 6.45) is 11.5. The Morgan fingerprint density at radius 2 is 1.65 bits per heavy atom. The predicted molar refractivity (Wildman–Crippen MR) is 74.0 cm³/mol. The van der Waals surface area contributed by atoms with Gasteiger partial charge in [0.15, 0.2) is 0 Å². The van der Waals surface area contributed by atoms with Crippen molar-refractivity contribution in [2.45, 2.75) is 64.3 Å². The van der Waals surface area contributed by atoms with Crippen molar-refractivity contribution in [3.63, 3.8) is 0 Å². The molecule has 0 bridgehead atoms. The quantitative estimate of drug-likeness (QED) is 0.798. The Labute approximate surface area is 107 Å². The van der Waals surface area contributed by atoms with Crippen molar-refractivity contribution in [3.05, 3.63) is 0 Å². The Morgan fingerprint density at radius 1 is 0.941 bits per heavy atom. The minimum atomic E-state index is 0.813. The fourth-order valence-electron chi connectivity index (χ4n) is 3.95. The first-order chi connectivity index (χ1) is 8.35. The molecule has 2 nitrogen and oxygen atoms in total. The average Bonchev–Trinajstić information content (AvgIpc) is 2.84. The van der Waals surface area contributed by atoms with Crippen LogP contribution in [0.3, 0.4) is 0 Å². The minimum absolute atomic E-state index is 0.813. The van der Waals surface area contributed by atoms with Gasteiger partial charge in [-0.05, 0) is 50.6 Å². The molecule has 0 aromatic rings. The molecule has 0 amide bonds. The van der Waals surface area contributed by atoms with Gasteiger partial charge in [-0.3, -0.25) is 0 Å². The molecule has 2 aliphatic carbocycles. The molecule has 0 spiro atoms. The second kappa shape index (κ2) is 6.75. The van der Waals surface area contributed by atoms with Crippen LogP contribution in [0.1, 0.15) is 58.3 Å². The van der Waals surface area contributed by atoms with Crippen LogP contribution in [0.2, 0.25) is 0 Å². The molecule has 0 aromatic carbocycles. The van der Waals surface area contributed by atoms with E-state index in [0.29, 0.717) is 0 Å². The molecule has 2 heteroatoms. The third-order valence-electron chi connectivity index (χ3n) is 5.09. The van der Waals surface area contributed by atoms with Crippen LogP contribution in [-0.2, 0) is 0 Å². The van der Waals surface area contributed by atoms with Gasteiger partial charge in [0.25, 0.3) is 0 Å². The van der Waals surface area contributed by atoms with Crippen LogP contribution < -0.4 is 5.73 Å². The van der Waals surface area contributed by atoms with Crippen molar-refractivity contribution in [3.8, 4) is 0 Å². The third-order valence-corrected chi connectivity index (χ3v) is 5.09. The van der Waals surface area contributed by atoms with Crippen molar-refractivity contribution < 1.29 is 0 Å². The Balaban J connectivity index is 1.85. The van der Waals surface area contributed by atoms with Gasteiger partial charge >= 0.3 is 0 Å². The zero-order valence-corrected chi connectivity index (χ0v) is 11.5. The van der Waals surface area contributed by atoms with Crippen molar-refractivity contribution in [1.29, 1.82) is 0 Å². The van der Waals surface area contributed by atoms with Gasteiger partial charge in [0.2, 0.25) is 0 Å². The van der Waals surface area contributed by atoms with Gasteiger partial charge in [0.1, 0.15) is 0 Å². The second-order valence-corrected chi connectivity index (χ2v) is 6.07. The molecule has 2 unspecified atom stereocenters. The van der Waals surface area contributed by atoms with Crippen LogP contribution >= 0.6 is 0 Å². The fourth-order valence-corrected chi connectivity index (χ4v) is 3.95. The van der Waals surface area contributed by atoms with Gasteiger partial charge in [-0.15, -0.1) is 0 Å². The molecule has 2 N–H and O–H groups in total. The highest BCUT2D eigenvalue weighted by Crippen LogP contribution is 2.33. The number of hydrogen-bond acceptors (Lipinski definition) is 2. The lowest BCUT2D eigenvalue weighted by atomic mass is 9.91. The van der Waals surface area contributed by atoms with Crippen LogP contribution in [0.5, 0.6) is 0 Å². The van der Waals surface area contributed by atoms with Gasteiger partial charge < -0.3 is 10.6 Å². The summed E-state index contributed by atoms with van der Waals surface area (Å²) in [6.45, 7) is 5.80. The minimum Gasteiger partial charge on any atom is -0.330 e. The first kappa shape index (κ1) is 13.4. The highest BCUT2D eigenvalue weighted by Gasteiger charge is 2.29. The molecule has 2 aliphatic rings. The van der Waals surface area contributed by atoms with E-state index >= 15 is 0 Å². The summed E-state index contributed by atoms with van der Waals surface area (Å²) in [4.78, 5) is 2.76. The molecule has 0 aliphatic heterocycles. The summed E-state index contributed by atoms with van der Waals surface area (Å²) >= 11 is 0. The van der Waals surface area contributed by atoms with Gasteiger partial charge in [-0.2, -0.15) is 0 Å². The normalized spacial score (nSPS) is 31.2. The zero-order chi connectivity index (χ0) is 12.1. The molecular weight excluding hydrogens is 208 g/mol. The van der Waals surface area contributed by atoms with E-state index in [1.807, 2.05) is 0 Å². The maximum absolute atomic E-state index is 5.90. The van der Waals surface area contributed by atoms with E-state index in [-0.39, 0.29) is 0 Å². The molecule has 17 heavy (non-hydrogen) atoms. The van der Waals surface area contributed by atoms with Crippen molar-refractivity contribution >= 4 is 0 Å². The van der Waals surface area contributed by atoms with Gasteiger partial charge in [0.05, 0.1) is 0 Å². The molecule has 100 valence electrons. The van der Waals surface area contributed by atoms with Crippen molar-refractivity contribution in [2.24, 2.45) is 17.6 Å². The van der Waals surface area contributed by atoms with E-state index in [2.05, 4.69) is 11.8 Å². The molecule has 0 radical (unpaired) electrons. The SMILES string of the molecule is CCN(CC1CCCC1CN)C1CCCCC1. The summed E-state index contributed by atoms with van der Waals surface area (Å²) in [5.41, 5.74) is 5.90. The van der Waals surface area contributed by atoms with E-state index in [9.17, 15) is 0 Å². The summed E-state index contributed by atoms with van der Waals surface area (Å²) in [7, 11) is 0. The summed E-state index contributed by atoms with van der Waals surface area (Å²) in [5, 5.41) is 0. The van der Waals surface area contributed by atoms with Crippen LogP contribution in [0, 0.1) is 11.8 Å². The lowest BCUT2D eigenvalue weighted by Gasteiger charge is -2.36. The number of nitrogens with zero attached hydrogens (tertiary/aromatic N) is 1. The van der Waals surface area contributed by atoms with Gasteiger partial charge in [-0.1, -0.05) is 32.6 Å². The van der Waals surface area contributed by atoms with E-state index in [1.54, 1.807) is 0 Å². The van der Waals surface area contributed by atoms with Crippen LogP contribution in [0.15, 0.2) is 0 Å². The van der Waals surface area contributed by atoms with E-state index in [0.717, 1.165) is 24.4 Å². The molecule has 2 fully saturated rings. The molecule has 2 atom stereocenters. The van der Waals surface area contributed by atoms with Crippen LogP contribution in [0.4, 0.5) is 0 Å². The molecule has 2 rings (SSSR count). The third kappa shape index (κ3) is 3.45.